The number of thiazole rings is 1. The van der Waals surface area contributed by atoms with Gasteiger partial charge in [0.2, 0.25) is 0 Å². The molecular weight excluding hydrogens is 326 g/mol. The Morgan fingerprint density at radius 1 is 1.42 bits per heavy atom. The van der Waals surface area contributed by atoms with Crippen LogP contribution < -0.4 is 11.1 Å². The van der Waals surface area contributed by atoms with Crippen LogP contribution in [0.25, 0.3) is 0 Å². The first kappa shape index (κ1) is 12.6. The molecule has 0 bridgehead atoms. The number of carbonyl (C=O) groups is 1. The average Bonchev–Trinajstić information content (AvgIpc) is 2.93. The van der Waals surface area contributed by atoms with E-state index < -0.39 is 0 Å². The Bertz CT molecular complexity index is 632. The number of benzene rings is 1. The molecule has 0 atom stereocenters. The lowest BCUT2D eigenvalue weighted by atomic mass is 10.2. The second-order valence-corrected chi connectivity index (χ2v) is 6.37. The van der Waals surface area contributed by atoms with Gasteiger partial charge in [0.1, 0.15) is 0 Å². The van der Waals surface area contributed by atoms with Gasteiger partial charge < -0.3 is 5.73 Å². The molecule has 0 unspecified atom stereocenters. The lowest BCUT2D eigenvalue weighted by Gasteiger charge is -2.04. The van der Waals surface area contributed by atoms with Crippen molar-refractivity contribution < 1.29 is 4.79 Å². The largest absolute Gasteiger partial charge is 0.398 e. The summed E-state index contributed by atoms with van der Waals surface area (Å²) in [6.45, 7) is 0. The SMILES string of the molecule is Nc1ccc(C(=O)Nc2nc3c(s2)CCC3)cc1Br. The van der Waals surface area contributed by atoms with E-state index in [9.17, 15) is 4.79 Å². The van der Waals surface area contributed by atoms with E-state index in [4.69, 9.17) is 5.73 Å². The quantitative estimate of drug-likeness (QED) is 0.826. The lowest BCUT2D eigenvalue weighted by molar-refractivity contribution is 0.102. The Labute approximate surface area is 123 Å². The van der Waals surface area contributed by atoms with Crippen LogP contribution >= 0.6 is 27.3 Å². The first-order chi connectivity index (χ1) is 9.13. The van der Waals surface area contributed by atoms with E-state index in [0.717, 1.165) is 23.0 Å². The van der Waals surface area contributed by atoms with Crippen molar-refractivity contribution >= 4 is 44.0 Å². The molecule has 4 nitrogen and oxygen atoms in total. The zero-order chi connectivity index (χ0) is 13.4. The molecule has 98 valence electrons. The number of carbonyl (C=O) groups excluding carboxylic acids is 1. The Morgan fingerprint density at radius 3 is 3.00 bits per heavy atom. The van der Waals surface area contributed by atoms with Gasteiger partial charge in [-0.3, -0.25) is 10.1 Å². The van der Waals surface area contributed by atoms with Crippen LogP contribution in [-0.4, -0.2) is 10.9 Å². The summed E-state index contributed by atoms with van der Waals surface area (Å²) in [6, 6.07) is 5.13. The second kappa shape index (κ2) is 4.94. The number of hydrogen-bond acceptors (Lipinski definition) is 4. The highest BCUT2D eigenvalue weighted by atomic mass is 79.9. The van der Waals surface area contributed by atoms with Crippen LogP contribution in [0, 0.1) is 0 Å². The normalized spacial score (nSPS) is 13.3. The molecule has 0 saturated carbocycles. The number of rotatable bonds is 2. The number of aryl methyl sites for hydroxylation is 2. The summed E-state index contributed by atoms with van der Waals surface area (Å²) in [7, 11) is 0. The molecule has 1 aliphatic rings. The molecule has 1 amide bonds. The predicted octanol–water partition coefficient (Wildman–Crippen LogP) is 3.23. The van der Waals surface area contributed by atoms with E-state index in [2.05, 4.69) is 26.2 Å². The molecule has 0 saturated heterocycles. The van der Waals surface area contributed by atoms with Crippen LogP contribution in [0.5, 0.6) is 0 Å². The summed E-state index contributed by atoms with van der Waals surface area (Å²) in [6.07, 6.45) is 3.28. The summed E-state index contributed by atoms with van der Waals surface area (Å²) in [5.41, 5.74) is 8.02. The predicted molar refractivity (Wildman–Crippen MR) is 80.6 cm³/mol. The molecule has 2 aromatic rings. The first-order valence-corrected chi connectivity index (χ1v) is 7.59. The molecule has 0 fully saturated rings. The fourth-order valence-corrected chi connectivity index (χ4v) is 3.51. The fraction of sp³-hybridized carbons (Fsp3) is 0.231. The van der Waals surface area contributed by atoms with Gasteiger partial charge in [0.05, 0.1) is 5.69 Å². The fourth-order valence-electron chi connectivity index (χ4n) is 2.08. The smallest absolute Gasteiger partial charge is 0.257 e. The van der Waals surface area contributed by atoms with Crippen LogP contribution in [-0.2, 0) is 12.8 Å². The van der Waals surface area contributed by atoms with Gasteiger partial charge in [-0.15, -0.1) is 11.3 Å². The van der Waals surface area contributed by atoms with Crippen molar-refractivity contribution in [2.45, 2.75) is 19.3 Å². The van der Waals surface area contributed by atoms with E-state index >= 15 is 0 Å². The third-order valence-electron chi connectivity index (χ3n) is 3.08. The van der Waals surface area contributed by atoms with Crippen molar-refractivity contribution in [1.82, 2.24) is 4.98 Å². The van der Waals surface area contributed by atoms with Gasteiger partial charge in [0.25, 0.3) is 5.91 Å². The minimum Gasteiger partial charge on any atom is -0.398 e. The third kappa shape index (κ3) is 2.50. The monoisotopic (exact) mass is 337 g/mol. The summed E-state index contributed by atoms with van der Waals surface area (Å²) in [5.74, 6) is -0.159. The molecule has 3 rings (SSSR count). The molecule has 1 aromatic heterocycles. The van der Waals surface area contributed by atoms with Gasteiger partial charge in [0.15, 0.2) is 5.13 Å². The topological polar surface area (TPSA) is 68.0 Å². The number of nitrogens with one attached hydrogen (secondary N) is 1. The van der Waals surface area contributed by atoms with Crippen molar-refractivity contribution in [2.75, 3.05) is 11.1 Å². The van der Waals surface area contributed by atoms with Crippen LogP contribution in [0.2, 0.25) is 0 Å². The number of nitrogens with two attached hydrogens (primary N) is 1. The van der Waals surface area contributed by atoms with Crippen molar-refractivity contribution in [1.29, 1.82) is 0 Å². The molecular formula is C13H12BrN3OS. The lowest BCUT2D eigenvalue weighted by Crippen LogP contribution is -2.12. The van der Waals surface area contributed by atoms with Crippen molar-refractivity contribution in [3.05, 3.63) is 38.8 Å². The second-order valence-electron chi connectivity index (χ2n) is 4.43. The maximum absolute atomic E-state index is 12.1. The molecule has 3 N–H and O–H groups in total. The number of hydrogen-bond donors (Lipinski definition) is 2. The highest BCUT2D eigenvalue weighted by Crippen LogP contribution is 2.30. The Kier molecular flexibility index (Phi) is 3.28. The first-order valence-electron chi connectivity index (χ1n) is 5.98. The van der Waals surface area contributed by atoms with Crippen LogP contribution in [0.3, 0.4) is 0 Å². The van der Waals surface area contributed by atoms with Crippen molar-refractivity contribution in [3.8, 4) is 0 Å². The van der Waals surface area contributed by atoms with E-state index in [1.165, 1.54) is 11.3 Å². The van der Waals surface area contributed by atoms with E-state index in [-0.39, 0.29) is 5.91 Å². The minimum absolute atomic E-state index is 0.159. The van der Waals surface area contributed by atoms with E-state index in [1.807, 2.05) is 0 Å². The van der Waals surface area contributed by atoms with Crippen LogP contribution in [0.4, 0.5) is 10.8 Å². The molecule has 6 heteroatoms. The van der Waals surface area contributed by atoms with E-state index in [0.29, 0.717) is 16.4 Å². The highest BCUT2D eigenvalue weighted by molar-refractivity contribution is 9.10. The molecule has 1 aromatic carbocycles. The number of halogens is 1. The number of nitrogens with zero attached hydrogens (tertiary/aromatic N) is 1. The van der Waals surface area contributed by atoms with Crippen LogP contribution in [0.15, 0.2) is 22.7 Å². The Morgan fingerprint density at radius 2 is 2.26 bits per heavy atom. The number of fused-ring (bicyclic) bond motifs is 1. The van der Waals surface area contributed by atoms with Gasteiger partial charge in [-0.1, -0.05) is 0 Å². The molecule has 1 aliphatic carbocycles. The van der Waals surface area contributed by atoms with Crippen molar-refractivity contribution in [3.63, 3.8) is 0 Å². The number of nitrogen functional groups attached to an aromatic ring is 1. The average molecular weight is 338 g/mol. The van der Waals surface area contributed by atoms with Gasteiger partial charge >= 0.3 is 0 Å². The Hall–Kier alpha value is -1.40. The van der Waals surface area contributed by atoms with Gasteiger partial charge in [-0.2, -0.15) is 0 Å². The summed E-state index contributed by atoms with van der Waals surface area (Å²) >= 11 is 4.89. The molecule has 0 spiro atoms. The number of aromatic nitrogens is 1. The Balaban J connectivity index is 1.78. The van der Waals surface area contributed by atoms with Gasteiger partial charge in [-0.05, 0) is 53.4 Å². The van der Waals surface area contributed by atoms with Gasteiger partial charge in [-0.25, -0.2) is 4.98 Å². The molecule has 0 aliphatic heterocycles. The summed E-state index contributed by atoms with van der Waals surface area (Å²) in [4.78, 5) is 17.8. The molecule has 1 heterocycles. The highest BCUT2D eigenvalue weighted by Gasteiger charge is 2.18. The maximum Gasteiger partial charge on any atom is 0.257 e. The van der Waals surface area contributed by atoms with E-state index in [1.54, 1.807) is 29.5 Å². The van der Waals surface area contributed by atoms with Gasteiger partial charge in [0, 0.05) is 20.6 Å². The molecule has 19 heavy (non-hydrogen) atoms. The third-order valence-corrected chi connectivity index (χ3v) is 4.84. The summed E-state index contributed by atoms with van der Waals surface area (Å²) < 4.78 is 0.724. The zero-order valence-corrected chi connectivity index (χ0v) is 12.5. The zero-order valence-electron chi connectivity index (χ0n) is 10.1. The summed E-state index contributed by atoms with van der Waals surface area (Å²) in [5, 5.41) is 3.52. The maximum atomic E-state index is 12.1. The minimum atomic E-state index is -0.159. The van der Waals surface area contributed by atoms with Crippen molar-refractivity contribution in [2.24, 2.45) is 0 Å². The molecule has 0 radical (unpaired) electrons. The number of anilines is 2. The standard InChI is InChI=1S/C13H12BrN3OS/c14-8-6-7(4-5-9(8)15)12(18)17-13-16-10-2-1-3-11(10)19-13/h4-6H,1-3,15H2,(H,16,17,18). The van der Waals surface area contributed by atoms with Crippen LogP contribution in [0.1, 0.15) is 27.3 Å². The number of amides is 1.